The van der Waals surface area contributed by atoms with Crippen LogP contribution in [0.3, 0.4) is 0 Å². The number of pyridine rings is 1. The number of carbonyl (C=O) groups is 1. The van der Waals surface area contributed by atoms with Gasteiger partial charge in [0.15, 0.2) is 0 Å². The highest BCUT2D eigenvalue weighted by Gasteiger charge is 2.71. The molecule has 6 rings (SSSR count). The molecular weight excluding hydrogens is 456 g/mol. The van der Waals surface area contributed by atoms with Crippen LogP contribution in [0.2, 0.25) is 0 Å². The molecule has 1 aliphatic heterocycles. The lowest BCUT2D eigenvalue weighted by Crippen LogP contribution is -2.68. The van der Waals surface area contributed by atoms with Gasteiger partial charge < -0.3 is 20.1 Å². The zero-order valence-corrected chi connectivity index (χ0v) is 21.1. The van der Waals surface area contributed by atoms with Gasteiger partial charge in [0.05, 0.1) is 23.9 Å². The van der Waals surface area contributed by atoms with Crippen molar-refractivity contribution >= 4 is 12.2 Å². The quantitative estimate of drug-likeness (QED) is 0.437. The van der Waals surface area contributed by atoms with Crippen LogP contribution in [0, 0.1) is 28.6 Å². The molecular formula is C29H38N2O5. The summed E-state index contributed by atoms with van der Waals surface area (Å²) in [6, 6.07) is 3.91. The molecule has 4 fully saturated rings. The first kappa shape index (κ1) is 24.3. The first-order chi connectivity index (χ1) is 17.2. The predicted molar refractivity (Wildman–Crippen MR) is 134 cm³/mol. The number of ether oxygens (including phenoxy) is 1. The number of aromatic nitrogens is 1. The van der Waals surface area contributed by atoms with E-state index in [0.717, 1.165) is 36.8 Å². The van der Waals surface area contributed by atoms with Crippen LogP contribution < -0.4 is 0 Å². The standard InChI is InChI=1S/C29H38N2O5/c1-26-8-3-23-24(29(26,35)11-5-22(26)20-14-25(33)36-17-20)4-10-28(34)15-21(32)2-9-27(23,28)18-31-16-19-6-12-30-13-7-19/h6-7,12-14,18,21-24,32,34-35H,2-5,8-11,15-17H2,1H3/t21-,22+,23-,24+,26+,27-,28+,29+/m0/s1. The van der Waals surface area contributed by atoms with Crippen molar-refractivity contribution in [1.29, 1.82) is 0 Å². The molecule has 2 heterocycles. The Labute approximate surface area is 212 Å². The third-order valence-corrected chi connectivity index (χ3v) is 11.0. The third kappa shape index (κ3) is 3.38. The zero-order chi connectivity index (χ0) is 25.2. The van der Waals surface area contributed by atoms with Crippen LogP contribution in [0.5, 0.6) is 0 Å². The number of esters is 1. The van der Waals surface area contributed by atoms with Gasteiger partial charge in [-0.1, -0.05) is 6.92 Å². The number of aliphatic hydroxyl groups is 3. The molecule has 36 heavy (non-hydrogen) atoms. The highest BCUT2D eigenvalue weighted by Crippen LogP contribution is 2.70. The number of fused-ring (bicyclic) bond motifs is 5. The van der Waals surface area contributed by atoms with E-state index in [2.05, 4.69) is 11.9 Å². The van der Waals surface area contributed by atoms with Crippen LogP contribution in [0.1, 0.15) is 70.3 Å². The number of aliphatic hydroxyl groups excluding tert-OH is 1. The van der Waals surface area contributed by atoms with Crippen molar-refractivity contribution in [3.8, 4) is 0 Å². The van der Waals surface area contributed by atoms with Gasteiger partial charge in [0.25, 0.3) is 0 Å². The number of nitrogens with zero attached hydrogens (tertiary/aromatic N) is 2. The fraction of sp³-hybridized carbons (Fsp3) is 0.690. The van der Waals surface area contributed by atoms with Crippen LogP contribution >= 0.6 is 0 Å². The smallest absolute Gasteiger partial charge is 0.331 e. The van der Waals surface area contributed by atoms with Crippen molar-refractivity contribution in [2.75, 3.05) is 6.61 Å². The van der Waals surface area contributed by atoms with Crippen LogP contribution in [0.15, 0.2) is 41.2 Å². The Kier molecular flexibility index (Phi) is 5.71. The highest BCUT2D eigenvalue weighted by atomic mass is 16.5. The summed E-state index contributed by atoms with van der Waals surface area (Å²) in [6.07, 6.45) is 12.9. The summed E-state index contributed by atoms with van der Waals surface area (Å²) < 4.78 is 5.24. The number of hydrogen-bond acceptors (Lipinski definition) is 7. The second-order valence-corrected chi connectivity index (χ2v) is 12.3. The number of cyclic esters (lactones) is 1. The van der Waals surface area contributed by atoms with Crippen LogP contribution in [-0.2, 0) is 16.1 Å². The Morgan fingerprint density at radius 3 is 2.61 bits per heavy atom. The maximum Gasteiger partial charge on any atom is 0.331 e. The van der Waals surface area contributed by atoms with E-state index < -0.39 is 22.7 Å². The lowest BCUT2D eigenvalue weighted by Gasteiger charge is -2.65. The van der Waals surface area contributed by atoms with Crippen molar-refractivity contribution in [2.45, 2.75) is 88.6 Å². The predicted octanol–water partition coefficient (Wildman–Crippen LogP) is 3.37. The first-order valence-corrected chi connectivity index (χ1v) is 13.6. The van der Waals surface area contributed by atoms with Crippen LogP contribution in [0.4, 0.5) is 0 Å². The fourth-order valence-electron chi connectivity index (χ4n) is 9.16. The molecule has 3 N–H and O–H groups in total. The molecule has 194 valence electrons. The minimum Gasteiger partial charge on any atom is -0.458 e. The average Bonchev–Trinajstić information content (AvgIpc) is 3.40. The number of aliphatic imine (C=N–C) groups is 1. The Morgan fingerprint density at radius 1 is 1.08 bits per heavy atom. The molecule has 0 saturated heterocycles. The molecule has 7 heteroatoms. The number of hydrogen-bond donors (Lipinski definition) is 3. The van der Waals surface area contributed by atoms with Gasteiger partial charge in [0.2, 0.25) is 0 Å². The Morgan fingerprint density at radius 2 is 1.86 bits per heavy atom. The van der Waals surface area contributed by atoms with E-state index in [9.17, 15) is 20.1 Å². The minimum absolute atomic E-state index is 0.0442. The minimum atomic E-state index is -1.02. The Hall–Kier alpha value is -2.09. The Balaban J connectivity index is 1.35. The molecule has 8 atom stereocenters. The lowest BCUT2D eigenvalue weighted by molar-refractivity contribution is -0.237. The molecule has 7 nitrogen and oxygen atoms in total. The van der Waals surface area contributed by atoms with E-state index in [1.165, 1.54) is 0 Å². The third-order valence-electron chi connectivity index (χ3n) is 11.0. The molecule has 4 aliphatic carbocycles. The summed E-state index contributed by atoms with van der Waals surface area (Å²) in [6.45, 7) is 3.07. The molecule has 0 amide bonds. The summed E-state index contributed by atoms with van der Waals surface area (Å²) >= 11 is 0. The van der Waals surface area contributed by atoms with Gasteiger partial charge in [0.1, 0.15) is 6.61 Å². The van der Waals surface area contributed by atoms with Gasteiger partial charge in [-0.25, -0.2) is 4.79 Å². The summed E-state index contributed by atoms with van der Waals surface area (Å²) in [5, 5.41) is 35.1. The largest absolute Gasteiger partial charge is 0.458 e. The highest BCUT2D eigenvalue weighted by molar-refractivity contribution is 5.85. The second-order valence-electron chi connectivity index (χ2n) is 12.3. The molecule has 1 aromatic heterocycles. The van der Waals surface area contributed by atoms with Crippen molar-refractivity contribution < 1.29 is 24.9 Å². The van der Waals surface area contributed by atoms with Crippen molar-refractivity contribution in [2.24, 2.45) is 33.6 Å². The van der Waals surface area contributed by atoms with Crippen molar-refractivity contribution in [3.05, 3.63) is 41.7 Å². The maximum atomic E-state index is 12.5. The van der Waals surface area contributed by atoms with Gasteiger partial charge in [-0.05, 0) is 92.4 Å². The molecule has 0 radical (unpaired) electrons. The number of carbonyl (C=O) groups excluding carboxylic acids is 1. The first-order valence-electron chi connectivity index (χ1n) is 13.6. The molecule has 0 unspecified atom stereocenters. The van der Waals surface area contributed by atoms with E-state index >= 15 is 0 Å². The molecule has 0 bridgehead atoms. The second kappa shape index (κ2) is 8.47. The van der Waals surface area contributed by atoms with Gasteiger partial charge in [-0.2, -0.15) is 0 Å². The normalized spacial score (nSPS) is 46.1. The van der Waals surface area contributed by atoms with E-state index in [1.54, 1.807) is 18.5 Å². The van der Waals surface area contributed by atoms with E-state index in [1.807, 2.05) is 18.3 Å². The molecule has 4 saturated carbocycles. The summed E-state index contributed by atoms with van der Waals surface area (Å²) in [5.74, 6) is 0.00532. The topological polar surface area (TPSA) is 112 Å². The average molecular weight is 495 g/mol. The van der Waals surface area contributed by atoms with Gasteiger partial charge in [0, 0.05) is 41.9 Å². The van der Waals surface area contributed by atoms with E-state index in [-0.39, 0.29) is 29.1 Å². The van der Waals surface area contributed by atoms with E-state index in [4.69, 9.17) is 9.73 Å². The molecule has 0 spiro atoms. The van der Waals surface area contributed by atoms with E-state index in [0.29, 0.717) is 45.3 Å². The summed E-state index contributed by atoms with van der Waals surface area (Å²) in [5.41, 5.74) is -0.686. The van der Waals surface area contributed by atoms with Gasteiger partial charge in [-0.15, -0.1) is 0 Å². The summed E-state index contributed by atoms with van der Waals surface area (Å²) in [4.78, 5) is 20.8. The SMILES string of the molecule is C[C@]12CC[C@H]3[C@@H](CC[C@@]4(O)C[C@@H](O)CC[C@]34C=NCc3ccncc3)[C@]1(O)CC[C@@H]2C1=CC(=O)OC1. The number of rotatable bonds is 4. The summed E-state index contributed by atoms with van der Waals surface area (Å²) in [7, 11) is 0. The monoisotopic (exact) mass is 494 g/mol. The Bertz CT molecular complexity index is 1090. The van der Waals surface area contributed by atoms with Crippen molar-refractivity contribution in [1.82, 2.24) is 4.98 Å². The lowest BCUT2D eigenvalue weighted by atomic mass is 9.41. The maximum absolute atomic E-state index is 12.5. The zero-order valence-electron chi connectivity index (χ0n) is 21.1. The molecule has 1 aromatic rings. The van der Waals surface area contributed by atoms with Gasteiger partial charge in [-0.3, -0.25) is 9.98 Å². The van der Waals surface area contributed by atoms with Crippen LogP contribution in [0.25, 0.3) is 0 Å². The van der Waals surface area contributed by atoms with Gasteiger partial charge >= 0.3 is 5.97 Å². The van der Waals surface area contributed by atoms with Crippen LogP contribution in [-0.4, -0.2) is 56.4 Å². The fourth-order valence-corrected chi connectivity index (χ4v) is 9.16. The molecule has 0 aromatic carbocycles. The van der Waals surface area contributed by atoms with Crippen molar-refractivity contribution in [3.63, 3.8) is 0 Å². The molecule has 5 aliphatic rings.